The summed E-state index contributed by atoms with van der Waals surface area (Å²) in [6, 6.07) is 0. The van der Waals surface area contributed by atoms with Gasteiger partial charge in [0.1, 0.15) is 0 Å². The molecule has 0 nitrogen and oxygen atoms in total. The Bertz CT molecular complexity index is 6.00. The van der Waals surface area contributed by atoms with Gasteiger partial charge in [-0.3, -0.25) is 0 Å². The van der Waals surface area contributed by atoms with Gasteiger partial charge in [-0.25, -0.2) is 0 Å². The smallest absolute Gasteiger partial charge is 0.127 e. The van der Waals surface area contributed by atoms with Crippen molar-refractivity contribution in [2.45, 2.75) is 0 Å². The summed E-state index contributed by atoms with van der Waals surface area (Å²) >= 11 is -1.25. The fraction of sp³-hybridized carbons (Fsp3) is 0. The van der Waals surface area contributed by atoms with E-state index < -0.39 is 12.5 Å². The van der Waals surface area contributed by atoms with Crippen LogP contribution in [0.3, 0.4) is 0 Å². The van der Waals surface area contributed by atoms with Crippen LogP contribution in [0.2, 0.25) is 0 Å². The van der Waals surface area contributed by atoms with Gasteiger partial charge in [-0.15, -0.1) is 7.77 Å². The van der Waals surface area contributed by atoms with Crippen LogP contribution in [0.1, 0.15) is 0 Å². The standard InChI is InChI=1S/F2S.Fe/c1-3-2;. The van der Waals surface area contributed by atoms with Gasteiger partial charge in [-0.1, -0.05) is 0 Å². The number of hydrogen-bond donors (Lipinski definition) is 0. The van der Waals surface area contributed by atoms with Crippen molar-refractivity contribution < 1.29 is 24.8 Å². The maximum atomic E-state index is 9.54. The summed E-state index contributed by atoms with van der Waals surface area (Å²) in [4.78, 5) is 0. The van der Waals surface area contributed by atoms with Gasteiger partial charge in [0, 0.05) is 17.1 Å². The van der Waals surface area contributed by atoms with Gasteiger partial charge >= 0.3 is 0 Å². The molecule has 0 atom stereocenters. The van der Waals surface area contributed by atoms with Gasteiger partial charge in [0.05, 0.1) is 0 Å². The van der Waals surface area contributed by atoms with Crippen LogP contribution in [0.15, 0.2) is 0 Å². The van der Waals surface area contributed by atoms with E-state index in [-0.39, 0.29) is 17.1 Å². The Morgan fingerprint density at radius 3 is 1.25 bits per heavy atom. The summed E-state index contributed by atoms with van der Waals surface area (Å²) in [7, 11) is 0. The van der Waals surface area contributed by atoms with E-state index in [0.29, 0.717) is 0 Å². The summed E-state index contributed by atoms with van der Waals surface area (Å²) in [5, 5.41) is 0. The average Bonchev–Trinajstić information content (AvgIpc) is 0.918. The first-order valence-corrected chi connectivity index (χ1v) is 0.926. The predicted octanol–water partition coefficient (Wildman–Crippen LogP) is 1.49. The van der Waals surface area contributed by atoms with Crippen LogP contribution in [0.5, 0.6) is 0 Å². The van der Waals surface area contributed by atoms with Crippen LogP contribution >= 0.6 is 12.5 Å². The molecule has 0 aromatic carbocycles. The fourth-order valence-corrected chi connectivity index (χ4v) is 0. The van der Waals surface area contributed by atoms with E-state index in [1.54, 1.807) is 0 Å². The second kappa shape index (κ2) is 9.29. The molecule has 4 heteroatoms. The van der Waals surface area contributed by atoms with Crippen molar-refractivity contribution in [3.63, 3.8) is 0 Å². The van der Waals surface area contributed by atoms with E-state index in [1.807, 2.05) is 0 Å². The Kier molecular flexibility index (Phi) is 20.5. The third kappa shape index (κ3) is 15.3. The molecule has 0 bridgehead atoms. The first kappa shape index (κ1) is 8.83. The Hall–Kier alpha value is 0.729. The quantitative estimate of drug-likeness (QED) is 0.443. The zero-order chi connectivity index (χ0) is 2.71. The van der Waals surface area contributed by atoms with Crippen LogP contribution in [0.4, 0.5) is 7.77 Å². The normalized spacial score (nSPS) is 4.50. The van der Waals surface area contributed by atoms with Crippen LogP contribution in [0, 0.1) is 0 Å². The van der Waals surface area contributed by atoms with Crippen molar-refractivity contribution in [2.75, 3.05) is 0 Å². The molecule has 0 aromatic rings. The summed E-state index contributed by atoms with van der Waals surface area (Å²) in [5.41, 5.74) is 0. The molecular formula is F2FeS. The Morgan fingerprint density at radius 2 is 1.25 bits per heavy atom. The van der Waals surface area contributed by atoms with Gasteiger partial charge < -0.3 is 0 Å². The molecule has 0 rings (SSSR count). The summed E-state index contributed by atoms with van der Waals surface area (Å²) < 4.78 is 19.1. The number of rotatable bonds is 0. The van der Waals surface area contributed by atoms with Crippen LogP contribution in [-0.2, 0) is 17.1 Å². The molecule has 0 fully saturated rings. The minimum atomic E-state index is -1.25. The van der Waals surface area contributed by atoms with Gasteiger partial charge in [-0.2, -0.15) is 0 Å². The fourth-order valence-electron chi connectivity index (χ4n) is 0. The molecule has 0 aliphatic rings. The van der Waals surface area contributed by atoms with Crippen molar-refractivity contribution in [3.8, 4) is 0 Å². The predicted molar refractivity (Wildman–Crippen MR) is 9.81 cm³/mol. The van der Waals surface area contributed by atoms with Crippen LogP contribution in [0.25, 0.3) is 0 Å². The summed E-state index contributed by atoms with van der Waals surface area (Å²) in [6.07, 6.45) is 0. The molecule has 0 aliphatic carbocycles. The van der Waals surface area contributed by atoms with E-state index in [4.69, 9.17) is 0 Å². The van der Waals surface area contributed by atoms with E-state index >= 15 is 0 Å². The van der Waals surface area contributed by atoms with Crippen LogP contribution < -0.4 is 0 Å². The molecule has 4 heavy (non-hydrogen) atoms. The third-order valence-corrected chi connectivity index (χ3v) is 0. The van der Waals surface area contributed by atoms with Gasteiger partial charge in [0.25, 0.3) is 12.5 Å². The van der Waals surface area contributed by atoms with Gasteiger partial charge in [0.15, 0.2) is 0 Å². The largest absolute Gasteiger partial charge is 0.255 e. The molecule has 0 radical (unpaired) electrons. The zero-order valence-electron chi connectivity index (χ0n) is 1.52. The van der Waals surface area contributed by atoms with Crippen molar-refractivity contribution in [1.82, 2.24) is 0 Å². The maximum Gasteiger partial charge on any atom is 0.255 e. The monoisotopic (exact) mass is 126 g/mol. The molecule has 0 saturated heterocycles. The summed E-state index contributed by atoms with van der Waals surface area (Å²) in [5.74, 6) is 0. The molecule has 28 valence electrons. The van der Waals surface area contributed by atoms with E-state index in [1.165, 1.54) is 0 Å². The van der Waals surface area contributed by atoms with E-state index in [2.05, 4.69) is 0 Å². The first-order chi connectivity index (χ1) is 1.41. The molecule has 0 amide bonds. The molecule has 0 unspecified atom stereocenters. The Labute approximate surface area is 38.0 Å². The molecule has 0 aliphatic heterocycles. The van der Waals surface area contributed by atoms with E-state index in [0.717, 1.165) is 0 Å². The van der Waals surface area contributed by atoms with Crippen molar-refractivity contribution in [2.24, 2.45) is 0 Å². The molecular weight excluding hydrogens is 126 g/mol. The maximum absolute atomic E-state index is 9.54. The minimum absolute atomic E-state index is 0. The molecule has 0 N–H and O–H groups in total. The topological polar surface area (TPSA) is 0 Å². The average molecular weight is 126 g/mol. The molecule has 0 heterocycles. The van der Waals surface area contributed by atoms with E-state index in [9.17, 15) is 7.77 Å². The number of hydrogen-bond acceptors (Lipinski definition) is 1. The molecule has 0 saturated carbocycles. The minimum Gasteiger partial charge on any atom is -0.127 e. The SMILES string of the molecule is FSF.[Fe]. The van der Waals surface area contributed by atoms with Crippen molar-refractivity contribution >= 4 is 12.5 Å². The third-order valence-electron chi connectivity index (χ3n) is 0. The van der Waals surface area contributed by atoms with Gasteiger partial charge in [0.2, 0.25) is 0 Å². The second-order valence-corrected chi connectivity index (χ2v) is 0.175. The molecule has 0 aromatic heterocycles. The van der Waals surface area contributed by atoms with Crippen LogP contribution in [-0.4, -0.2) is 0 Å². The second-order valence-electron chi connectivity index (χ2n) is 0.0583. The Balaban J connectivity index is 0. The number of halogens is 2. The summed E-state index contributed by atoms with van der Waals surface area (Å²) in [6.45, 7) is 0. The van der Waals surface area contributed by atoms with Crippen molar-refractivity contribution in [3.05, 3.63) is 0 Å². The zero-order valence-corrected chi connectivity index (χ0v) is 3.44. The van der Waals surface area contributed by atoms with Crippen molar-refractivity contribution in [1.29, 1.82) is 0 Å². The first-order valence-electron chi connectivity index (χ1n) is 0.309. The van der Waals surface area contributed by atoms with Gasteiger partial charge in [-0.05, 0) is 0 Å². The Morgan fingerprint density at radius 1 is 1.25 bits per heavy atom. The molecule has 0 spiro atoms.